The Morgan fingerprint density at radius 3 is 2.91 bits per heavy atom. The molecule has 1 aliphatic rings. The minimum atomic E-state index is -0.329. The predicted molar refractivity (Wildman–Crippen MR) is 83.1 cm³/mol. The van der Waals surface area contributed by atoms with Crippen LogP contribution in [0.1, 0.15) is 5.89 Å². The van der Waals surface area contributed by atoms with Gasteiger partial charge in [0, 0.05) is 22.8 Å². The van der Waals surface area contributed by atoms with Crippen LogP contribution in [-0.2, 0) is 16.1 Å². The van der Waals surface area contributed by atoms with Gasteiger partial charge in [-0.05, 0) is 24.3 Å². The Balaban J connectivity index is 1.57. The number of nitrogens with zero attached hydrogens (tertiary/aromatic N) is 2. The van der Waals surface area contributed by atoms with Crippen LogP contribution in [0, 0.1) is 5.82 Å². The van der Waals surface area contributed by atoms with Crippen molar-refractivity contribution in [1.29, 1.82) is 0 Å². The predicted octanol–water partition coefficient (Wildman–Crippen LogP) is 2.77. The first-order valence-corrected chi connectivity index (χ1v) is 8.87. The monoisotopic (exact) mass is 340 g/mol. The van der Waals surface area contributed by atoms with Crippen molar-refractivity contribution in [2.75, 3.05) is 17.3 Å². The second-order valence-corrected chi connectivity index (χ2v) is 7.02. The standard InChI is InChI=1S/C14H13FN2O3S2/c15-10-3-1-9(2-4-10)13-16-12(20-17-13)7-19-14(18)11-8-21-5-6-22-11/h1-4,11H,5-8H2/t11-/m1/s1. The summed E-state index contributed by atoms with van der Waals surface area (Å²) in [6, 6.07) is 5.77. The maximum absolute atomic E-state index is 12.9. The molecule has 1 fully saturated rings. The Bertz CT molecular complexity index is 642. The summed E-state index contributed by atoms with van der Waals surface area (Å²) >= 11 is 3.36. The zero-order valence-corrected chi connectivity index (χ0v) is 13.2. The van der Waals surface area contributed by atoms with E-state index in [2.05, 4.69) is 10.1 Å². The van der Waals surface area contributed by atoms with Gasteiger partial charge in [-0.3, -0.25) is 4.79 Å². The molecular formula is C14H13FN2O3S2. The van der Waals surface area contributed by atoms with E-state index in [1.54, 1.807) is 35.7 Å². The first kappa shape index (κ1) is 15.4. The Morgan fingerprint density at radius 1 is 1.36 bits per heavy atom. The molecule has 0 aliphatic carbocycles. The van der Waals surface area contributed by atoms with Crippen LogP contribution >= 0.6 is 23.5 Å². The summed E-state index contributed by atoms with van der Waals surface area (Å²) in [6.45, 7) is -0.0469. The number of rotatable bonds is 4. The van der Waals surface area contributed by atoms with Crippen LogP contribution in [0.4, 0.5) is 4.39 Å². The molecular weight excluding hydrogens is 327 g/mol. The van der Waals surface area contributed by atoms with Crippen LogP contribution in [0.25, 0.3) is 11.4 Å². The van der Waals surface area contributed by atoms with Gasteiger partial charge in [0.25, 0.3) is 5.89 Å². The van der Waals surface area contributed by atoms with Gasteiger partial charge in [-0.2, -0.15) is 16.7 Å². The molecule has 2 aromatic rings. The largest absolute Gasteiger partial charge is 0.455 e. The van der Waals surface area contributed by atoms with Gasteiger partial charge < -0.3 is 9.26 Å². The van der Waals surface area contributed by atoms with Crippen molar-refractivity contribution >= 4 is 29.5 Å². The quantitative estimate of drug-likeness (QED) is 0.793. The average Bonchev–Trinajstić information content (AvgIpc) is 3.03. The van der Waals surface area contributed by atoms with Gasteiger partial charge in [-0.15, -0.1) is 11.8 Å². The molecule has 0 amide bonds. The lowest BCUT2D eigenvalue weighted by Crippen LogP contribution is -2.26. The van der Waals surface area contributed by atoms with E-state index in [9.17, 15) is 9.18 Å². The summed E-state index contributed by atoms with van der Waals surface area (Å²) in [5.41, 5.74) is 0.641. The Hall–Kier alpha value is -1.54. The van der Waals surface area contributed by atoms with Gasteiger partial charge in [-0.1, -0.05) is 5.16 Å². The molecule has 0 unspecified atom stereocenters. The van der Waals surface area contributed by atoms with Gasteiger partial charge in [0.1, 0.15) is 11.1 Å². The summed E-state index contributed by atoms with van der Waals surface area (Å²) in [7, 11) is 0. The van der Waals surface area contributed by atoms with Crippen molar-refractivity contribution in [3.63, 3.8) is 0 Å². The summed E-state index contributed by atoms with van der Waals surface area (Å²) in [5, 5.41) is 3.67. The molecule has 0 bridgehead atoms. The van der Waals surface area contributed by atoms with Gasteiger partial charge in [-0.25, -0.2) is 4.39 Å². The fourth-order valence-electron chi connectivity index (χ4n) is 1.88. The van der Waals surface area contributed by atoms with Crippen LogP contribution in [0.2, 0.25) is 0 Å². The molecule has 0 saturated carbocycles. The lowest BCUT2D eigenvalue weighted by Gasteiger charge is -2.18. The SMILES string of the molecule is O=C(OCc1nc(-c2ccc(F)cc2)no1)[C@H]1CSCCS1. The number of thioether (sulfide) groups is 2. The normalized spacial score (nSPS) is 18.1. The van der Waals surface area contributed by atoms with Gasteiger partial charge in [0.2, 0.25) is 5.82 Å². The summed E-state index contributed by atoms with van der Waals surface area (Å²) < 4.78 is 23.1. The molecule has 0 radical (unpaired) electrons. The highest BCUT2D eigenvalue weighted by molar-refractivity contribution is 8.07. The molecule has 3 rings (SSSR count). The highest BCUT2D eigenvalue weighted by atomic mass is 32.2. The molecule has 8 heteroatoms. The van der Waals surface area contributed by atoms with Crippen LogP contribution < -0.4 is 0 Å². The van der Waals surface area contributed by atoms with E-state index in [0.29, 0.717) is 11.4 Å². The fourth-order valence-corrected chi connectivity index (χ4v) is 4.41. The zero-order chi connectivity index (χ0) is 15.4. The minimum Gasteiger partial charge on any atom is -0.455 e. The Labute approximate surface area is 135 Å². The Kier molecular flexibility index (Phi) is 4.99. The van der Waals surface area contributed by atoms with Gasteiger partial charge in [0.05, 0.1) is 0 Å². The van der Waals surface area contributed by atoms with Crippen LogP contribution in [0.5, 0.6) is 0 Å². The van der Waals surface area contributed by atoms with Crippen molar-refractivity contribution in [1.82, 2.24) is 10.1 Å². The van der Waals surface area contributed by atoms with Crippen molar-refractivity contribution < 1.29 is 18.4 Å². The molecule has 2 heterocycles. The van der Waals surface area contributed by atoms with E-state index in [4.69, 9.17) is 9.26 Å². The molecule has 0 N–H and O–H groups in total. The third-order valence-electron chi connectivity index (χ3n) is 2.99. The van der Waals surface area contributed by atoms with Gasteiger partial charge in [0.15, 0.2) is 6.61 Å². The third-order valence-corrected chi connectivity index (χ3v) is 5.72. The number of carbonyl (C=O) groups is 1. The molecule has 1 aromatic carbocycles. The highest BCUT2D eigenvalue weighted by Gasteiger charge is 2.24. The molecule has 1 saturated heterocycles. The summed E-state index contributed by atoms with van der Waals surface area (Å²) in [6.07, 6.45) is 0. The number of hydrogen-bond acceptors (Lipinski definition) is 7. The van der Waals surface area contributed by atoms with Crippen LogP contribution in [0.3, 0.4) is 0 Å². The molecule has 116 valence electrons. The van der Waals surface area contributed by atoms with Crippen LogP contribution in [-0.4, -0.2) is 38.6 Å². The first-order chi connectivity index (χ1) is 10.7. The topological polar surface area (TPSA) is 65.2 Å². The number of halogens is 1. The van der Waals surface area contributed by atoms with Gasteiger partial charge >= 0.3 is 5.97 Å². The number of carbonyl (C=O) groups excluding carboxylic acids is 1. The third kappa shape index (κ3) is 3.80. The van der Waals surface area contributed by atoms with E-state index in [-0.39, 0.29) is 29.5 Å². The molecule has 1 atom stereocenters. The van der Waals surface area contributed by atoms with E-state index >= 15 is 0 Å². The maximum Gasteiger partial charge on any atom is 0.320 e. The average molecular weight is 340 g/mol. The highest BCUT2D eigenvalue weighted by Crippen LogP contribution is 2.25. The van der Waals surface area contributed by atoms with Crippen molar-refractivity contribution in [3.05, 3.63) is 36.0 Å². The molecule has 5 nitrogen and oxygen atoms in total. The van der Waals surface area contributed by atoms with E-state index in [0.717, 1.165) is 17.3 Å². The molecule has 22 heavy (non-hydrogen) atoms. The number of aromatic nitrogens is 2. The van der Waals surface area contributed by atoms with E-state index in [1.807, 2.05) is 0 Å². The van der Waals surface area contributed by atoms with Crippen LogP contribution in [0.15, 0.2) is 28.8 Å². The summed E-state index contributed by atoms with van der Waals surface area (Å²) in [5.74, 6) is 2.78. The second kappa shape index (κ2) is 7.15. The fraction of sp³-hybridized carbons (Fsp3) is 0.357. The molecule has 0 spiro atoms. The Morgan fingerprint density at radius 2 is 2.18 bits per heavy atom. The minimum absolute atomic E-state index is 0.0469. The number of esters is 1. The van der Waals surface area contributed by atoms with E-state index in [1.165, 1.54) is 12.1 Å². The zero-order valence-electron chi connectivity index (χ0n) is 11.5. The van der Waals surface area contributed by atoms with Crippen molar-refractivity contribution in [2.45, 2.75) is 11.9 Å². The smallest absolute Gasteiger partial charge is 0.320 e. The lowest BCUT2D eigenvalue weighted by molar-refractivity contribution is -0.144. The lowest BCUT2D eigenvalue weighted by atomic mass is 10.2. The number of ether oxygens (including phenoxy) is 1. The number of benzene rings is 1. The van der Waals surface area contributed by atoms with Crippen molar-refractivity contribution in [3.8, 4) is 11.4 Å². The summed E-state index contributed by atoms with van der Waals surface area (Å²) in [4.78, 5) is 16.0. The second-order valence-electron chi connectivity index (χ2n) is 4.56. The van der Waals surface area contributed by atoms with E-state index < -0.39 is 0 Å². The molecule has 1 aliphatic heterocycles. The number of hydrogen-bond donors (Lipinski definition) is 0. The first-order valence-electron chi connectivity index (χ1n) is 6.67. The maximum atomic E-state index is 12.9. The van der Waals surface area contributed by atoms with Crippen molar-refractivity contribution in [2.24, 2.45) is 0 Å². The molecule has 1 aromatic heterocycles.